The molecular formula is C21H31N5O. The maximum absolute atomic E-state index is 5.95. The SMILES string of the molecule is CN=C(NCc1ccnc(N(C)C)c1)NCc1ccc(C)cc1OC(C)C. The number of rotatable bonds is 7. The highest BCUT2D eigenvalue weighted by atomic mass is 16.5. The second-order valence-corrected chi connectivity index (χ2v) is 6.97. The molecular weight excluding hydrogens is 338 g/mol. The van der Waals surface area contributed by atoms with Gasteiger partial charge in [0, 0.05) is 46.0 Å². The number of aromatic nitrogens is 1. The van der Waals surface area contributed by atoms with Crippen LogP contribution in [-0.2, 0) is 13.1 Å². The van der Waals surface area contributed by atoms with Gasteiger partial charge in [0.2, 0.25) is 0 Å². The minimum Gasteiger partial charge on any atom is -0.491 e. The van der Waals surface area contributed by atoms with Crippen LogP contribution in [0.15, 0.2) is 41.5 Å². The molecule has 2 aromatic rings. The van der Waals surface area contributed by atoms with Crippen molar-refractivity contribution in [1.82, 2.24) is 15.6 Å². The number of hydrogen-bond acceptors (Lipinski definition) is 4. The number of nitrogens with zero attached hydrogens (tertiary/aromatic N) is 3. The smallest absolute Gasteiger partial charge is 0.191 e. The number of pyridine rings is 1. The lowest BCUT2D eigenvalue weighted by molar-refractivity contribution is 0.239. The third kappa shape index (κ3) is 6.47. The first-order chi connectivity index (χ1) is 12.9. The van der Waals surface area contributed by atoms with Gasteiger partial charge < -0.3 is 20.3 Å². The summed E-state index contributed by atoms with van der Waals surface area (Å²) >= 11 is 0. The van der Waals surface area contributed by atoms with E-state index in [0.29, 0.717) is 13.1 Å². The van der Waals surface area contributed by atoms with Crippen LogP contribution < -0.4 is 20.3 Å². The van der Waals surface area contributed by atoms with E-state index in [1.165, 1.54) is 5.56 Å². The van der Waals surface area contributed by atoms with E-state index in [9.17, 15) is 0 Å². The Balaban J connectivity index is 1.97. The largest absolute Gasteiger partial charge is 0.491 e. The Morgan fingerprint density at radius 1 is 1.15 bits per heavy atom. The van der Waals surface area contributed by atoms with Crippen molar-refractivity contribution < 1.29 is 4.74 Å². The lowest BCUT2D eigenvalue weighted by atomic mass is 10.1. The van der Waals surface area contributed by atoms with Crippen molar-refractivity contribution in [2.45, 2.75) is 40.0 Å². The fraction of sp³-hybridized carbons (Fsp3) is 0.429. The van der Waals surface area contributed by atoms with Crippen molar-refractivity contribution in [2.24, 2.45) is 4.99 Å². The number of aliphatic imine (C=N–C) groups is 1. The molecule has 2 rings (SSSR count). The Bertz CT molecular complexity index is 771. The first-order valence-corrected chi connectivity index (χ1v) is 9.22. The van der Waals surface area contributed by atoms with E-state index in [1.807, 2.05) is 45.1 Å². The molecule has 0 fully saturated rings. The highest BCUT2D eigenvalue weighted by Crippen LogP contribution is 2.21. The van der Waals surface area contributed by atoms with Gasteiger partial charge in [0.25, 0.3) is 0 Å². The normalized spacial score (nSPS) is 11.4. The van der Waals surface area contributed by atoms with E-state index in [-0.39, 0.29) is 6.10 Å². The number of nitrogens with one attached hydrogen (secondary N) is 2. The van der Waals surface area contributed by atoms with Crippen molar-refractivity contribution in [2.75, 3.05) is 26.0 Å². The van der Waals surface area contributed by atoms with Crippen LogP contribution in [0.25, 0.3) is 0 Å². The number of hydrogen-bond donors (Lipinski definition) is 2. The molecule has 0 unspecified atom stereocenters. The molecule has 6 nitrogen and oxygen atoms in total. The first-order valence-electron chi connectivity index (χ1n) is 9.22. The molecule has 146 valence electrons. The van der Waals surface area contributed by atoms with Crippen LogP contribution in [0.1, 0.15) is 30.5 Å². The Morgan fingerprint density at radius 2 is 1.89 bits per heavy atom. The number of guanidine groups is 1. The molecule has 6 heteroatoms. The fourth-order valence-electron chi connectivity index (χ4n) is 2.57. The van der Waals surface area contributed by atoms with E-state index in [0.717, 1.165) is 28.7 Å². The van der Waals surface area contributed by atoms with E-state index in [2.05, 4.69) is 51.8 Å². The molecule has 27 heavy (non-hydrogen) atoms. The van der Waals surface area contributed by atoms with Crippen molar-refractivity contribution in [1.29, 1.82) is 0 Å². The van der Waals surface area contributed by atoms with Gasteiger partial charge in [0.1, 0.15) is 11.6 Å². The molecule has 0 saturated carbocycles. The first kappa shape index (κ1) is 20.6. The van der Waals surface area contributed by atoms with Gasteiger partial charge in [-0.3, -0.25) is 4.99 Å². The lowest BCUT2D eigenvalue weighted by Gasteiger charge is -2.17. The Hall–Kier alpha value is -2.76. The van der Waals surface area contributed by atoms with Crippen molar-refractivity contribution in [3.05, 3.63) is 53.2 Å². The minimum atomic E-state index is 0.139. The molecule has 0 radical (unpaired) electrons. The van der Waals surface area contributed by atoms with Crippen LogP contribution in [0.4, 0.5) is 5.82 Å². The Kier molecular flexibility index (Phi) is 7.46. The molecule has 0 spiro atoms. The van der Waals surface area contributed by atoms with E-state index >= 15 is 0 Å². The number of ether oxygens (including phenoxy) is 1. The molecule has 0 saturated heterocycles. The zero-order valence-electron chi connectivity index (χ0n) is 17.2. The van der Waals surface area contributed by atoms with E-state index in [1.54, 1.807) is 7.05 Å². The Morgan fingerprint density at radius 3 is 2.56 bits per heavy atom. The third-order valence-electron chi connectivity index (χ3n) is 3.98. The van der Waals surface area contributed by atoms with Crippen LogP contribution in [0.3, 0.4) is 0 Å². The van der Waals surface area contributed by atoms with Gasteiger partial charge >= 0.3 is 0 Å². The standard InChI is InChI=1S/C21H31N5O/c1-15(2)27-19-11-16(3)7-8-18(19)14-25-21(22-4)24-13-17-9-10-23-20(12-17)26(5)6/h7-12,15H,13-14H2,1-6H3,(H2,22,24,25). The topological polar surface area (TPSA) is 61.8 Å². The highest BCUT2D eigenvalue weighted by molar-refractivity contribution is 5.79. The summed E-state index contributed by atoms with van der Waals surface area (Å²) < 4.78 is 5.95. The van der Waals surface area contributed by atoms with Gasteiger partial charge in [-0.1, -0.05) is 12.1 Å². The second kappa shape index (κ2) is 9.80. The summed E-state index contributed by atoms with van der Waals surface area (Å²) in [5, 5.41) is 6.70. The number of anilines is 1. The summed E-state index contributed by atoms with van der Waals surface area (Å²) in [6, 6.07) is 10.3. The summed E-state index contributed by atoms with van der Waals surface area (Å²) in [5.41, 5.74) is 3.44. The van der Waals surface area contributed by atoms with Gasteiger partial charge in [-0.2, -0.15) is 0 Å². The number of aryl methyl sites for hydroxylation is 1. The molecule has 0 aliphatic rings. The summed E-state index contributed by atoms with van der Waals surface area (Å²) in [6.07, 6.45) is 1.96. The van der Waals surface area contributed by atoms with Crippen molar-refractivity contribution in [3.8, 4) is 5.75 Å². The zero-order chi connectivity index (χ0) is 19.8. The van der Waals surface area contributed by atoms with E-state index in [4.69, 9.17) is 4.74 Å². The van der Waals surface area contributed by atoms with Crippen LogP contribution in [0, 0.1) is 6.92 Å². The minimum absolute atomic E-state index is 0.139. The average molecular weight is 370 g/mol. The molecule has 0 atom stereocenters. The third-order valence-corrected chi connectivity index (χ3v) is 3.98. The predicted octanol–water partition coefficient (Wildman–Crippen LogP) is 3.11. The molecule has 2 N–H and O–H groups in total. The van der Waals surface area contributed by atoms with Crippen LogP contribution >= 0.6 is 0 Å². The maximum atomic E-state index is 5.95. The predicted molar refractivity (Wildman–Crippen MR) is 113 cm³/mol. The fourth-order valence-corrected chi connectivity index (χ4v) is 2.57. The highest BCUT2D eigenvalue weighted by Gasteiger charge is 2.08. The molecule has 0 aliphatic heterocycles. The summed E-state index contributed by atoms with van der Waals surface area (Å²) in [5.74, 6) is 2.60. The Labute approximate surface area is 162 Å². The van der Waals surface area contributed by atoms with Gasteiger partial charge in [-0.05, 0) is 50.1 Å². The van der Waals surface area contributed by atoms with Crippen molar-refractivity contribution in [3.63, 3.8) is 0 Å². The molecule has 1 aromatic heterocycles. The molecule has 0 aliphatic carbocycles. The molecule has 1 aromatic carbocycles. The van der Waals surface area contributed by atoms with Gasteiger partial charge in [-0.15, -0.1) is 0 Å². The summed E-state index contributed by atoms with van der Waals surface area (Å²) in [6.45, 7) is 7.46. The zero-order valence-corrected chi connectivity index (χ0v) is 17.2. The second-order valence-electron chi connectivity index (χ2n) is 6.97. The van der Waals surface area contributed by atoms with Crippen LogP contribution in [-0.4, -0.2) is 38.2 Å². The van der Waals surface area contributed by atoms with Gasteiger partial charge in [0.15, 0.2) is 5.96 Å². The van der Waals surface area contributed by atoms with Crippen LogP contribution in [0.5, 0.6) is 5.75 Å². The summed E-state index contributed by atoms with van der Waals surface area (Å²) in [7, 11) is 5.74. The monoisotopic (exact) mass is 369 g/mol. The molecule has 0 amide bonds. The lowest BCUT2D eigenvalue weighted by Crippen LogP contribution is -2.36. The number of benzene rings is 1. The van der Waals surface area contributed by atoms with Crippen LogP contribution in [0.2, 0.25) is 0 Å². The quantitative estimate of drug-likeness (QED) is 0.580. The maximum Gasteiger partial charge on any atom is 0.191 e. The van der Waals surface area contributed by atoms with Crippen molar-refractivity contribution >= 4 is 11.8 Å². The van der Waals surface area contributed by atoms with Gasteiger partial charge in [-0.25, -0.2) is 4.98 Å². The average Bonchev–Trinajstić information content (AvgIpc) is 2.63. The molecule has 0 bridgehead atoms. The molecule has 1 heterocycles. The van der Waals surface area contributed by atoms with E-state index < -0.39 is 0 Å². The summed E-state index contributed by atoms with van der Waals surface area (Å²) in [4.78, 5) is 10.6. The van der Waals surface area contributed by atoms with Gasteiger partial charge in [0.05, 0.1) is 6.10 Å².